The summed E-state index contributed by atoms with van der Waals surface area (Å²) in [5.74, 6) is 0.401. The van der Waals surface area contributed by atoms with Crippen LogP contribution < -0.4 is 5.32 Å². The van der Waals surface area contributed by atoms with Crippen molar-refractivity contribution in [3.05, 3.63) is 11.4 Å². The van der Waals surface area contributed by atoms with E-state index >= 15 is 0 Å². The Labute approximate surface area is 129 Å². The molecule has 1 aliphatic carbocycles. The topological polar surface area (TPSA) is 91.9 Å². The van der Waals surface area contributed by atoms with Crippen LogP contribution in [0, 0.1) is 11.8 Å². The lowest BCUT2D eigenvalue weighted by molar-refractivity contribution is 0.0938. The number of hydrogen-bond donors (Lipinski definition) is 2. The minimum Gasteiger partial charge on any atom is -0.350 e. The van der Waals surface area contributed by atoms with Crippen molar-refractivity contribution in [1.82, 2.24) is 15.5 Å². The van der Waals surface area contributed by atoms with Gasteiger partial charge in [-0.25, -0.2) is 8.42 Å². The summed E-state index contributed by atoms with van der Waals surface area (Å²) < 4.78 is 23.5. The highest BCUT2D eigenvalue weighted by molar-refractivity contribution is 8.13. The van der Waals surface area contributed by atoms with Gasteiger partial charge in [0.1, 0.15) is 4.90 Å². The molecule has 6 nitrogen and oxygen atoms in total. The fourth-order valence-corrected chi connectivity index (χ4v) is 3.69. The van der Waals surface area contributed by atoms with Crippen molar-refractivity contribution in [2.75, 3.05) is 6.54 Å². The number of rotatable bonds is 6. The number of aromatic nitrogens is 2. The highest BCUT2D eigenvalue weighted by atomic mass is 35.7. The molecule has 0 radical (unpaired) electrons. The van der Waals surface area contributed by atoms with Crippen molar-refractivity contribution in [2.24, 2.45) is 11.8 Å². The van der Waals surface area contributed by atoms with Gasteiger partial charge < -0.3 is 5.32 Å². The molecule has 0 aliphatic heterocycles. The summed E-state index contributed by atoms with van der Waals surface area (Å²) in [5, 5.41) is 9.19. The molecule has 1 amide bonds. The van der Waals surface area contributed by atoms with E-state index in [1.807, 2.05) is 0 Å². The number of carbonyl (C=O) groups excluding carboxylic acids is 1. The molecule has 0 aromatic carbocycles. The smallest absolute Gasteiger partial charge is 0.273 e. The van der Waals surface area contributed by atoms with Crippen molar-refractivity contribution in [2.45, 2.75) is 44.4 Å². The minimum atomic E-state index is -4.04. The fraction of sp³-hybridized carbons (Fsp3) is 0.692. The standard InChI is InChI=1S/C13H20ClN3O3S/c1-7(2)10-12(21(14,19)20)11(17-16-10)13(18)15-6-8(3)9-4-5-9/h7-9H,4-6H2,1-3H3,(H,15,18)(H,16,17). The zero-order valence-corrected chi connectivity index (χ0v) is 13.9. The number of amides is 1. The summed E-state index contributed by atoms with van der Waals surface area (Å²) in [6.07, 6.45) is 2.39. The molecule has 0 spiro atoms. The maximum atomic E-state index is 12.2. The first kappa shape index (κ1) is 16.3. The molecule has 0 saturated heterocycles. The molecule has 21 heavy (non-hydrogen) atoms. The molecule has 118 valence electrons. The average Bonchev–Trinajstić information content (AvgIpc) is 3.11. The number of carbonyl (C=O) groups is 1. The number of aromatic amines is 1. The molecule has 2 N–H and O–H groups in total. The van der Waals surface area contributed by atoms with Crippen LogP contribution in [-0.2, 0) is 9.05 Å². The zero-order chi connectivity index (χ0) is 15.8. The van der Waals surface area contributed by atoms with Gasteiger partial charge in [-0.15, -0.1) is 0 Å². The van der Waals surface area contributed by atoms with Crippen LogP contribution in [0.25, 0.3) is 0 Å². The summed E-state index contributed by atoms with van der Waals surface area (Å²) in [6, 6.07) is 0. The lowest BCUT2D eigenvalue weighted by atomic mass is 10.1. The van der Waals surface area contributed by atoms with Gasteiger partial charge in [0.15, 0.2) is 5.69 Å². The van der Waals surface area contributed by atoms with Crippen LogP contribution in [-0.4, -0.2) is 31.1 Å². The first-order valence-electron chi connectivity index (χ1n) is 7.03. The monoisotopic (exact) mass is 333 g/mol. The van der Waals surface area contributed by atoms with Gasteiger partial charge in [0.05, 0.1) is 5.69 Å². The second-order valence-electron chi connectivity index (χ2n) is 5.93. The maximum absolute atomic E-state index is 12.2. The summed E-state index contributed by atoms with van der Waals surface area (Å²) in [7, 11) is 1.42. The van der Waals surface area contributed by atoms with Crippen LogP contribution in [0.3, 0.4) is 0 Å². The molecular formula is C13H20ClN3O3S. The molecule has 1 saturated carbocycles. The predicted molar refractivity (Wildman–Crippen MR) is 79.9 cm³/mol. The van der Waals surface area contributed by atoms with Gasteiger partial charge in [0.2, 0.25) is 0 Å². The number of nitrogens with zero attached hydrogens (tertiary/aromatic N) is 1. The van der Waals surface area contributed by atoms with Crippen LogP contribution >= 0.6 is 10.7 Å². The molecule has 0 bridgehead atoms. The van der Waals surface area contributed by atoms with E-state index in [0.717, 1.165) is 0 Å². The molecule has 1 aromatic heterocycles. The van der Waals surface area contributed by atoms with Gasteiger partial charge >= 0.3 is 0 Å². The lowest BCUT2D eigenvalue weighted by Crippen LogP contribution is -2.30. The molecule has 1 aliphatic rings. The van der Waals surface area contributed by atoms with Gasteiger partial charge in [0.25, 0.3) is 15.0 Å². The second kappa shape index (κ2) is 5.96. The predicted octanol–water partition coefficient (Wildman–Crippen LogP) is 2.24. The molecule has 2 rings (SSSR count). The van der Waals surface area contributed by atoms with Crippen LogP contribution in [0.1, 0.15) is 55.7 Å². The first-order chi connectivity index (χ1) is 9.71. The quantitative estimate of drug-likeness (QED) is 0.781. The van der Waals surface area contributed by atoms with E-state index in [2.05, 4.69) is 22.4 Å². The maximum Gasteiger partial charge on any atom is 0.273 e. The Kier molecular flexibility index (Phi) is 4.63. The Morgan fingerprint density at radius 3 is 2.52 bits per heavy atom. The van der Waals surface area contributed by atoms with E-state index in [-0.39, 0.29) is 16.5 Å². The van der Waals surface area contributed by atoms with E-state index in [0.29, 0.717) is 24.1 Å². The van der Waals surface area contributed by atoms with Gasteiger partial charge in [-0.1, -0.05) is 20.8 Å². The molecule has 1 atom stereocenters. The SMILES string of the molecule is CC(C)c1[nH]nc(C(=O)NCC(C)C2CC2)c1S(=O)(=O)Cl. The van der Waals surface area contributed by atoms with Crippen molar-refractivity contribution in [3.63, 3.8) is 0 Å². The van der Waals surface area contributed by atoms with Crippen molar-refractivity contribution in [1.29, 1.82) is 0 Å². The Balaban J connectivity index is 2.20. The van der Waals surface area contributed by atoms with E-state index in [1.54, 1.807) is 13.8 Å². The van der Waals surface area contributed by atoms with Gasteiger partial charge in [-0.3, -0.25) is 9.89 Å². The Hall–Kier alpha value is -1.08. The lowest BCUT2D eigenvalue weighted by Gasteiger charge is -2.11. The summed E-state index contributed by atoms with van der Waals surface area (Å²) >= 11 is 0. The van der Waals surface area contributed by atoms with E-state index in [1.165, 1.54) is 12.8 Å². The number of hydrogen-bond acceptors (Lipinski definition) is 4. The molecule has 1 heterocycles. The van der Waals surface area contributed by atoms with E-state index < -0.39 is 15.0 Å². The van der Waals surface area contributed by atoms with Gasteiger partial charge in [-0.2, -0.15) is 5.10 Å². The number of nitrogens with one attached hydrogen (secondary N) is 2. The fourth-order valence-electron chi connectivity index (χ4n) is 2.31. The molecule has 1 aromatic rings. The van der Waals surface area contributed by atoms with E-state index in [9.17, 15) is 13.2 Å². The highest BCUT2D eigenvalue weighted by Gasteiger charge is 2.31. The Bertz CT molecular complexity index is 635. The Morgan fingerprint density at radius 2 is 2.05 bits per heavy atom. The third-order valence-corrected chi connectivity index (χ3v) is 5.16. The van der Waals surface area contributed by atoms with Crippen LogP contribution in [0.15, 0.2) is 4.90 Å². The summed E-state index contributed by atoms with van der Waals surface area (Å²) in [5.41, 5.74) is 0.196. The van der Waals surface area contributed by atoms with Gasteiger partial charge in [0, 0.05) is 17.2 Å². The molecule has 8 heteroatoms. The van der Waals surface area contributed by atoms with Crippen LogP contribution in [0.4, 0.5) is 0 Å². The normalized spacial score (nSPS) is 17.0. The molecule has 1 fully saturated rings. The Morgan fingerprint density at radius 1 is 1.43 bits per heavy atom. The number of halogens is 1. The summed E-state index contributed by atoms with van der Waals surface area (Å²) in [6.45, 7) is 6.18. The first-order valence-corrected chi connectivity index (χ1v) is 9.33. The molecule has 1 unspecified atom stereocenters. The summed E-state index contributed by atoms with van der Waals surface area (Å²) in [4.78, 5) is 12.0. The average molecular weight is 334 g/mol. The minimum absolute atomic E-state index is 0.132. The highest BCUT2D eigenvalue weighted by Crippen LogP contribution is 2.36. The number of H-pyrrole nitrogens is 1. The van der Waals surface area contributed by atoms with Crippen LogP contribution in [0.2, 0.25) is 0 Å². The largest absolute Gasteiger partial charge is 0.350 e. The van der Waals surface area contributed by atoms with Gasteiger partial charge in [-0.05, 0) is 30.6 Å². The van der Waals surface area contributed by atoms with Crippen molar-refractivity contribution >= 4 is 25.6 Å². The zero-order valence-electron chi connectivity index (χ0n) is 12.3. The van der Waals surface area contributed by atoms with Crippen LogP contribution in [0.5, 0.6) is 0 Å². The second-order valence-corrected chi connectivity index (χ2v) is 8.44. The van der Waals surface area contributed by atoms with Crippen molar-refractivity contribution < 1.29 is 13.2 Å². The third-order valence-electron chi connectivity index (χ3n) is 3.80. The molecular weight excluding hydrogens is 314 g/mol. The van der Waals surface area contributed by atoms with E-state index in [4.69, 9.17) is 10.7 Å². The third kappa shape index (κ3) is 3.77. The van der Waals surface area contributed by atoms with Crippen molar-refractivity contribution in [3.8, 4) is 0 Å².